The second-order valence-electron chi connectivity index (χ2n) is 5.15. The Balaban J connectivity index is 2.38. The maximum absolute atomic E-state index is 12.2. The lowest BCUT2D eigenvalue weighted by molar-refractivity contribution is -0.118. The van der Waals surface area contributed by atoms with Gasteiger partial charge in [-0.2, -0.15) is 0 Å². The number of hydrogen-bond acceptors (Lipinski definition) is 3. The number of rotatable bonds is 4. The molecule has 1 aromatic carbocycles. The van der Waals surface area contributed by atoms with Crippen molar-refractivity contribution < 1.29 is 4.79 Å². The van der Waals surface area contributed by atoms with Crippen molar-refractivity contribution in [2.75, 3.05) is 11.4 Å². The van der Waals surface area contributed by atoms with E-state index in [2.05, 4.69) is 13.8 Å². The van der Waals surface area contributed by atoms with Crippen LogP contribution in [0.15, 0.2) is 18.2 Å². The molecule has 1 unspecified atom stereocenters. The van der Waals surface area contributed by atoms with Gasteiger partial charge in [-0.15, -0.1) is 0 Å². The van der Waals surface area contributed by atoms with Crippen molar-refractivity contribution in [2.45, 2.75) is 32.9 Å². The fraction of sp³-hybridized carbons (Fsp3) is 0.500. The lowest BCUT2D eigenvalue weighted by Gasteiger charge is -2.30. The van der Waals surface area contributed by atoms with E-state index in [0.717, 1.165) is 16.8 Å². The summed E-state index contributed by atoms with van der Waals surface area (Å²) in [6.07, 6.45) is 0.465. The molecule has 0 aromatic heterocycles. The molecule has 1 aliphatic heterocycles. The minimum absolute atomic E-state index is 0.0717. The summed E-state index contributed by atoms with van der Waals surface area (Å²) in [5.41, 5.74) is 14.6. The van der Waals surface area contributed by atoms with Crippen LogP contribution in [-0.2, 0) is 17.8 Å². The van der Waals surface area contributed by atoms with Crippen molar-refractivity contribution in [3.8, 4) is 0 Å². The largest absolute Gasteiger partial charge is 0.328 e. The van der Waals surface area contributed by atoms with E-state index in [0.29, 0.717) is 25.4 Å². The van der Waals surface area contributed by atoms with Gasteiger partial charge in [-0.05, 0) is 23.1 Å². The van der Waals surface area contributed by atoms with Crippen LogP contribution in [0.25, 0.3) is 0 Å². The molecule has 0 radical (unpaired) electrons. The summed E-state index contributed by atoms with van der Waals surface area (Å²) in [6, 6.07) is 6.08. The van der Waals surface area contributed by atoms with Crippen LogP contribution in [0.2, 0.25) is 0 Å². The Bertz CT molecular complexity index is 456. The fourth-order valence-corrected chi connectivity index (χ4v) is 2.56. The zero-order chi connectivity index (χ0) is 13.3. The van der Waals surface area contributed by atoms with E-state index in [-0.39, 0.29) is 11.9 Å². The normalized spacial score (nSPS) is 16.3. The highest BCUT2D eigenvalue weighted by molar-refractivity contribution is 6.02. The first-order valence-electron chi connectivity index (χ1n) is 6.42. The van der Waals surface area contributed by atoms with Gasteiger partial charge in [0.15, 0.2) is 0 Å². The number of nitrogens with zero attached hydrogens (tertiary/aromatic N) is 1. The lowest BCUT2D eigenvalue weighted by Crippen LogP contribution is -2.46. The Kier molecular flexibility index (Phi) is 3.68. The van der Waals surface area contributed by atoms with E-state index in [1.54, 1.807) is 0 Å². The Morgan fingerprint density at radius 1 is 1.33 bits per heavy atom. The highest BCUT2D eigenvalue weighted by Crippen LogP contribution is 2.32. The summed E-state index contributed by atoms with van der Waals surface area (Å²) < 4.78 is 0. The quantitative estimate of drug-likeness (QED) is 0.834. The molecular weight excluding hydrogens is 226 g/mol. The van der Waals surface area contributed by atoms with Gasteiger partial charge in [0.25, 0.3) is 0 Å². The van der Waals surface area contributed by atoms with Crippen molar-refractivity contribution in [2.24, 2.45) is 17.4 Å². The molecule has 4 heteroatoms. The average molecular weight is 247 g/mol. The Morgan fingerprint density at radius 3 is 2.61 bits per heavy atom. The molecule has 1 aromatic rings. The van der Waals surface area contributed by atoms with Crippen molar-refractivity contribution in [1.82, 2.24) is 0 Å². The molecule has 0 aliphatic carbocycles. The molecule has 1 heterocycles. The van der Waals surface area contributed by atoms with E-state index in [1.807, 2.05) is 23.1 Å². The third-order valence-electron chi connectivity index (χ3n) is 3.59. The number of hydrogen-bond donors (Lipinski definition) is 2. The topological polar surface area (TPSA) is 72.3 Å². The molecule has 2 rings (SSSR count). The number of benzene rings is 1. The van der Waals surface area contributed by atoms with Gasteiger partial charge < -0.3 is 16.4 Å². The lowest BCUT2D eigenvalue weighted by atomic mass is 10.0. The first-order chi connectivity index (χ1) is 8.58. The molecule has 0 saturated carbocycles. The summed E-state index contributed by atoms with van der Waals surface area (Å²) in [5.74, 6) is 0.488. The molecule has 98 valence electrons. The number of nitrogens with two attached hydrogens (primary N) is 2. The smallest absolute Gasteiger partial charge is 0.231 e. The molecule has 1 aliphatic rings. The fourth-order valence-electron chi connectivity index (χ4n) is 2.56. The molecule has 0 bridgehead atoms. The second-order valence-corrected chi connectivity index (χ2v) is 5.15. The van der Waals surface area contributed by atoms with E-state index >= 15 is 0 Å². The standard InChI is InChI=1S/C14H21N3O/c1-9(2)13(8-16)17-12-4-3-10(7-15)5-11(12)6-14(17)18/h3-5,9,13H,6-8,15-16H2,1-2H3. The molecule has 4 nitrogen and oxygen atoms in total. The SMILES string of the molecule is CC(C)C(CN)N1C(=O)Cc2cc(CN)ccc21. The third kappa shape index (κ3) is 2.13. The summed E-state index contributed by atoms with van der Waals surface area (Å²) in [4.78, 5) is 14.0. The predicted octanol–water partition coefficient (Wildman–Crippen LogP) is 1.02. The zero-order valence-electron chi connectivity index (χ0n) is 11.0. The zero-order valence-corrected chi connectivity index (χ0v) is 11.0. The van der Waals surface area contributed by atoms with Gasteiger partial charge in [-0.1, -0.05) is 26.0 Å². The van der Waals surface area contributed by atoms with Crippen LogP contribution in [-0.4, -0.2) is 18.5 Å². The van der Waals surface area contributed by atoms with Gasteiger partial charge >= 0.3 is 0 Å². The van der Waals surface area contributed by atoms with E-state index in [4.69, 9.17) is 11.5 Å². The van der Waals surface area contributed by atoms with E-state index in [9.17, 15) is 4.79 Å². The highest BCUT2D eigenvalue weighted by Gasteiger charge is 2.33. The van der Waals surface area contributed by atoms with Gasteiger partial charge in [0.2, 0.25) is 5.91 Å². The van der Waals surface area contributed by atoms with Crippen LogP contribution in [0.4, 0.5) is 5.69 Å². The van der Waals surface area contributed by atoms with Crippen molar-refractivity contribution in [1.29, 1.82) is 0 Å². The molecule has 0 spiro atoms. The van der Waals surface area contributed by atoms with Crippen LogP contribution in [0.3, 0.4) is 0 Å². The molecular formula is C14H21N3O. The minimum atomic E-state index is 0.0717. The van der Waals surface area contributed by atoms with Gasteiger partial charge in [0, 0.05) is 18.8 Å². The molecule has 0 saturated heterocycles. The Morgan fingerprint density at radius 2 is 2.06 bits per heavy atom. The molecule has 4 N–H and O–H groups in total. The first-order valence-corrected chi connectivity index (χ1v) is 6.42. The molecule has 1 atom stereocenters. The summed E-state index contributed by atoms with van der Waals surface area (Å²) >= 11 is 0. The van der Waals surface area contributed by atoms with Crippen LogP contribution < -0.4 is 16.4 Å². The van der Waals surface area contributed by atoms with Gasteiger partial charge in [0.05, 0.1) is 12.5 Å². The Labute approximate surface area is 108 Å². The highest BCUT2D eigenvalue weighted by atomic mass is 16.2. The maximum atomic E-state index is 12.2. The molecule has 18 heavy (non-hydrogen) atoms. The maximum Gasteiger partial charge on any atom is 0.231 e. The van der Waals surface area contributed by atoms with Crippen LogP contribution in [0, 0.1) is 5.92 Å². The molecule has 0 fully saturated rings. The van der Waals surface area contributed by atoms with E-state index in [1.165, 1.54) is 0 Å². The van der Waals surface area contributed by atoms with Crippen molar-refractivity contribution in [3.05, 3.63) is 29.3 Å². The summed E-state index contributed by atoms with van der Waals surface area (Å²) in [6.45, 7) is 5.18. The second kappa shape index (κ2) is 5.08. The first kappa shape index (κ1) is 13.1. The predicted molar refractivity (Wildman–Crippen MR) is 73.2 cm³/mol. The molecule has 1 amide bonds. The average Bonchev–Trinajstić information content (AvgIpc) is 2.66. The van der Waals surface area contributed by atoms with Gasteiger partial charge in [-0.3, -0.25) is 4.79 Å². The van der Waals surface area contributed by atoms with Crippen molar-refractivity contribution >= 4 is 11.6 Å². The van der Waals surface area contributed by atoms with Crippen LogP contribution in [0.1, 0.15) is 25.0 Å². The van der Waals surface area contributed by atoms with Crippen LogP contribution >= 0.6 is 0 Å². The Hall–Kier alpha value is -1.39. The summed E-state index contributed by atoms with van der Waals surface area (Å²) in [7, 11) is 0. The summed E-state index contributed by atoms with van der Waals surface area (Å²) in [5, 5.41) is 0. The van der Waals surface area contributed by atoms with Gasteiger partial charge in [0.1, 0.15) is 0 Å². The number of amides is 1. The number of carbonyl (C=O) groups excluding carboxylic acids is 1. The third-order valence-corrected chi connectivity index (χ3v) is 3.59. The monoisotopic (exact) mass is 247 g/mol. The van der Waals surface area contributed by atoms with E-state index < -0.39 is 0 Å². The van der Waals surface area contributed by atoms with Crippen molar-refractivity contribution in [3.63, 3.8) is 0 Å². The number of anilines is 1. The number of carbonyl (C=O) groups is 1. The van der Waals surface area contributed by atoms with Gasteiger partial charge in [-0.25, -0.2) is 0 Å². The number of fused-ring (bicyclic) bond motifs is 1. The minimum Gasteiger partial charge on any atom is -0.328 e. The van der Waals surface area contributed by atoms with Crippen LogP contribution in [0.5, 0.6) is 0 Å².